The van der Waals surface area contributed by atoms with Crippen LogP contribution in [-0.2, 0) is 6.18 Å². The first-order valence-corrected chi connectivity index (χ1v) is 3.93. The van der Waals surface area contributed by atoms with Gasteiger partial charge in [0, 0.05) is 0 Å². The zero-order valence-electron chi connectivity index (χ0n) is 7.25. The van der Waals surface area contributed by atoms with Gasteiger partial charge in [-0.05, 0) is 17.7 Å². The zero-order valence-corrected chi connectivity index (χ0v) is 7.25. The highest BCUT2D eigenvalue weighted by Gasteiger charge is 2.30. The van der Waals surface area contributed by atoms with E-state index in [-0.39, 0.29) is 5.56 Å². The molecule has 0 bridgehead atoms. The van der Waals surface area contributed by atoms with Gasteiger partial charge in [-0.25, -0.2) is 0 Å². The molecule has 0 saturated carbocycles. The zero-order chi connectivity index (χ0) is 10.8. The number of aliphatic hydroxyl groups excluding tert-OH is 1. The molecule has 1 N–H and O–H groups in total. The number of benzene rings is 1. The summed E-state index contributed by atoms with van der Waals surface area (Å²) in [6.07, 6.45) is -4.26. The van der Waals surface area contributed by atoms with Crippen molar-refractivity contribution in [1.29, 1.82) is 0 Å². The van der Waals surface area contributed by atoms with Crippen LogP contribution >= 0.6 is 0 Å². The summed E-state index contributed by atoms with van der Waals surface area (Å²) >= 11 is 0. The van der Waals surface area contributed by atoms with Crippen molar-refractivity contribution in [2.45, 2.75) is 12.3 Å². The number of rotatable bonds is 2. The van der Waals surface area contributed by atoms with E-state index in [0.717, 1.165) is 12.1 Å². The molecule has 1 rings (SSSR count). The van der Waals surface area contributed by atoms with Gasteiger partial charge >= 0.3 is 6.18 Å². The summed E-state index contributed by atoms with van der Waals surface area (Å²) in [7, 11) is 0. The van der Waals surface area contributed by atoms with Gasteiger partial charge < -0.3 is 5.11 Å². The van der Waals surface area contributed by atoms with Crippen LogP contribution in [0.15, 0.2) is 36.9 Å². The van der Waals surface area contributed by atoms with Crippen LogP contribution in [0, 0.1) is 0 Å². The molecule has 0 aliphatic rings. The fourth-order valence-electron chi connectivity index (χ4n) is 1.04. The predicted octanol–water partition coefficient (Wildman–Crippen LogP) is 2.92. The molecule has 0 amide bonds. The van der Waals surface area contributed by atoms with E-state index in [1.54, 1.807) is 0 Å². The fourth-order valence-corrected chi connectivity index (χ4v) is 1.04. The van der Waals surface area contributed by atoms with Crippen molar-refractivity contribution in [3.63, 3.8) is 0 Å². The Labute approximate surface area is 79.5 Å². The van der Waals surface area contributed by atoms with Gasteiger partial charge in [-0.3, -0.25) is 0 Å². The van der Waals surface area contributed by atoms with Crippen LogP contribution in [0.1, 0.15) is 17.2 Å². The van der Waals surface area contributed by atoms with Gasteiger partial charge in [0.15, 0.2) is 0 Å². The smallest absolute Gasteiger partial charge is 0.384 e. The van der Waals surface area contributed by atoms with Gasteiger partial charge in [0.25, 0.3) is 0 Å². The van der Waals surface area contributed by atoms with Gasteiger partial charge in [0.05, 0.1) is 11.7 Å². The summed E-state index contributed by atoms with van der Waals surface area (Å²) in [4.78, 5) is 0. The molecule has 14 heavy (non-hydrogen) atoms. The van der Waals surface area contributed by atoms with Crippen molar-refractivity contribution in [1.82, 2.24) is 0 Å². The fraction of sp³-hybridized carbons (Fsp3) is 0.200. The summed E-state index contributed by atoms with van der Waals surface area (Å²) in [6.45, 7) is 3.30. The molecule has 0 radical (unpaired) electrons. The highest BCUT2D eigenvalue weighted by atomic mass is 19.4. The Hall–Kier alpha value is -1.29. The van der Waals surface area contributed by atoms with Crippen molar-refractivity contribution in [3.8, 4) is 0 Å². The second-order valence-corrected chi connectivity index (χ2v) is 2.80. The first-order chi connectivity index (χ1) is 6.45. The molecule has 0 heterocycles. The van der Waals surface area contributed by atoms with Crippen LogP contribution in [0.2, 0.25) is 0 Å². The third-order valence-electron chi connectivity index (χ3n) is 1.78. The number of halogens is 3. The van der Waals surface area contributed by atoms with E-state index < -0.39 is 17.8 Å². The molecule has 1 aromatic rings. The average molecular weight is 202 g/mol. The molecule has 0 fully saturated rings. The van der Waals surface area contributed by atoms with Gasteiger partial charge in [0.1, 0.15) is 0 Å². The Kier molecular flexibility index (Phi) is 2.96. The van der Waals surface area contributed by atoms with Crippen LogP contribution < -0.4 is 0 Å². The molecule has 1 nitrogen and oxygen atoms in total. The minimum atomic E-state index is -4.38. The second kappa shape index (κ2) is 3.84. The molecular weight excluding hydrogens is 193 g/mol. The third kappa shape index (κ3) is 2.35. The van der Waals surface area contributed by atoms with E-state index in [1.807, 2.05) is 0 Å². The first-order valence-electron chi connectivity index (χ1n) is 3.93. The van der Waals surface area contributed by atoms with Gasteiger partial charge in [-0.15, -0.1) is 6.58 Å². The van der Waals surface area contributed by atoms with E-state index in [4.69, 9.17) is 0 Å². The van der Waals surface area contributed by atoms with E-state index in [0.29, 0.717) is 0 Å². The van der Waals surface area contributed by atoms with Crippen molar-refractivity contribution in [3.05, 3.63) is 48.0 Å². The lowest BCUT2D eigenvalue weighted by molar-refractivity contribution is -0.137. The standard InChI is InChI=1S/C10H9F3O/c1-2-9(14)7-4-3-5-8(6-7)10(11,12)13/h2-6,9,14H,1H2. The molecule has 76 valence electrons. The Bertz CT molecular complexity index is 330. The van der Waals surface area contributed by atoms with Crippen molar-refractivity contribution in [2.24, 2.45) is 0 Å². The molecule has 0 spiro atoms. The van der Waals surface area contributed by atoms with Crippen molar-refractivity contribution < 1.29 is 18.3 Å². The number of alkyl halides is 3. The van der Waals surface area contributed by atoms with Crippen LogP contribution in [0.4, 0.5) is 13.2 Å². The Morgan fingerprint density at radius 1 is 1.36 bits per heavy atom. The number of hydrogen-bond acceptors (Lipinski definition) is 1. The summed E-state index contributed by atoms with van der Waals surface area (Å²) in [5, 5.41) is 9.23. The molecule has 0 aliphatic carbocycles. The van der Waals surface area contributed by atoms with E-state index in [1.165, 1.54) is 18.2 Å². The minimum Gasteiger partial charge on any atom is -0.384 e. The molecule has 1 atom stereocenters. The maximum Gasteiger partial charge on any atom is 0.416 e. The Morgan fingerprint density at radius 3 is 2.50 bits per heavy atom. The monoisotopic (exact) mass is 202 g/mol. The van der Waals surface area contributed by atoms with E-state index >= 15 is 0 Å². The van der Waals surface area contributed by atoms with Crippen molar-refractivity contribution >= 4 is 0 Å². The molecule has 1 unspecified atom stereocenters. The molecule has 0 saturated heterocycles. The SMILES string of the molecule is C=CC(O)c1cccc(C(F)(F)F)c1. The van der Waals surface area contributed by atoms with Crippen LogP contribution in [-0.4, -0.2) is 5.11 Å². The minimum absolute atomic E-state index is 0.190. The van der Waals surface area contributed by atoms with Gasteiger partial charge in [0.2, 0.25) is 0 Å². The first kappa shape index (κ1) is 10.8. The molecule has 4 heteroatoms. The van der Waals surface area contributed by atoms with Gasteiger partial charge in [-0.1, -0.05) is 18.2 Å². The molecule has 0 aliphatic heterocycles. The summed E-state index contributed by atoms with van der Waals surface area (Å²) in [5.74, 6) is 0. The van der Waals surface area contributed by atoms with E-state index in [9.17, 15) is 18.3 Å². The lowest BCUT2D eigenvalue weighted by Crippen LogP contribution is -2.06. The summed E-state index contributed by atoms with van der Waals surface area (Å²) < 4.78 is 36.7. The Morgan fingerprint density at radius 2 is 2.00 bits per heavy atom. The lowest BCUT2D eigenvalue weighted by Gasteiger charge is -2.10. The molecule has 0 aromatic heterocycles. The largest absolute Gasteiger partial charge is 0.416 e. The van der Waals surface area contributed by atoms with Crippen LogP contribution in [0.5, 0.6) is 0 Å². The normalized spacial score (nSPS) is 13.7. The van der Waals surface area contributed by atoms with Crippen molar-refractivity contribution in [2.75, 3.05) is 0 Å². The highest BCUT2D eigenvalue weighted by Crippen LogP contribution is 2.30. The summed E-state index contributed by atoms with van der Waals surface area (Å²) in [6, 6.07) is 4.54. The number of hydrogen-bond donors (Lipinski definition) is 1. The van der Waals surface area contributed by atoms with Gasteiger partial charge in [-0.2, -0.15) is 13.2 Å². The lowest BCUT2D eigenvalue weighted by atomic mass is 10.1. The maximum atomic E-state index is 12.2. The molecular formula is C10H9F3O. The topological polar surface area (TPSA) is 20.2 Å². The quantitative estimate of drug-likeness (QED) is 0.731. The maximum absolute atomic E-state index is 12.2. The number of aliphatic hydroxyl groups is 1. The van der Waals surface area contributed by atoms with E-state index in [2.05, 4.69) is 6.58 Å². The third-order valence-corrected chi connectivity index (χ3v) is 1.78. The Balaban J connectivity index is 3.07. The van der Waals surface area contributed by atoms with Crippen LogP contribution in [0.25, 0.3) is 0 Å². The second-order valence-electron chi connectivity index (χ2n) is 2.80. The molecule has 1 aromatic carbocycles. The highest BCUT2D eigenvalue weighted by molar-refractivity contribution is 5.28. The predicted molar refractivity (Wildman–Crippen MR) is 46.6 cm³/mol. The average Bonchev–Trinajstić information content (AvgIpc) is 2.15. The summed E-state index contributed by atoms with van der Waals surface area (Å²) in [5.41, 5.74) is -0.578. The van der Waals surface area contributed by atoms with Crippen LogP contribution in [0.3, 0.4) is 0 Å².